The van der Waals surface area contributed by atoms with Crippen LogP contribution < -0.4 is 4.90 Å². The van der Waals surface area contributed by atoms with Crippen LogP contribution in [0.4, 0.5) is 5.82 Å². The van der Waals surface area contributed by atoms with Crippen molar-refractivity contribution >= 4 is 5.82 Å². The van der Waals surface area contributed by atoms with Crippen molar-refractivity contribution in [3.63, 3.8) is 0 Å². The predicted octanol–water partition coefficient (Wildman–Crippen LogP) is 1.31. The van der Waals surface area contributed by atoms with Crippen LogP contribution >= 0.6 is 0 Å². The van der Waals surface area contributed by atoms with Gasteiger partial charge in [0, 0.05) is 18.3 Å². The Morgan fingerprint density at radius 2 is 2.31 bits per heavy atom. The number of aliphatic hydroxyl groups excluding tert-OH is 1. The van der Waals surface area contributed by atoms with Gasteiger partial charge in [-0.1, -0.05) is 6.92 Å². The zero-order valence-electron chi connectivity index (χ0n) is 9.98. The molecule has 0 bridgehead atoms. The van der Waals surface area contributed by atoms with Crippen molar-refractivity contribution in [2.45, 2.75) is 39.2 Å². The largest absolute Gasteiger partial charge is 0.394 e. The van der Waals surface area contributed by atoms with Gasteiger partial charge >= 0.3 is 0 Å². The Hall–Kier alpha value is -1.16. The second-order valence-electron chi connectivity index (χ2n) is 4.29. The van der Waals surface area contributed by atoms with E-state index in [-0.39, 0.29) is 12.6 Å². The first-order valence-corrected chi connectivity index (χ1v) is 5.96. The zero-order valence-corrected chi connectivity index (χ0v) is 9.98. The number of nitrogens with zero attached hydrogens (tertiary/aromatic N) is 3. The molecule has 1 fully saturated rings. The molecular weight excluding hydrogens is 202 g/mol. The summed E-state index contributed by atoms with van der Waals surface area (Å²) >= 11 is 0. The first kappa shape index (κ1) is 11.3. The van der Waals surface area contributed by atoms with Gasteiger partial charge in [0.25, 0.3) is 0 Å². The number of anilines is 1. The third-order valence-electron chi connectivity index (χ3n) is 3.12. The molecule has 16 heavy (non-hydrogen) atoms. The van der Waals surface area contributed by atoms with Crippen LogP contribution in [0.5, 0.6) is 0 Å². The lowest BCUT2D eigenvalue weighted by atomic mass is 10.2. The summed E-state index contributed by atoms with van der Waals surface area (Å²) in [5, 5.41) is 9.31. The molecule has 1 aromatic heterocycles. The molecule has 0 spiro atoms. The number of hydrogen-bond acceptors (Lipinski definition) is 4. The van der Waals surface area contributed by atoms with Gasteiger partial charge in [-0.2, -0.15) is 0 Å². The lowest BCUT2D eigenvalue weighted by molar-refractivity contribution is 0.266. The van der Waals surface area contributed by atoms with Crippen molar-refractivity contribution in [3.8, 4) is 0 Å². The molecule has 0 amide bonds. The summed E-state index contributed by atoms with van der Waals surface area (Å²) in [6.45, 7) is 5.22. The van der Waals surface area contributed by atoms with E-state index < -0.39 is 0 Å². The summed E-state index contributed by atoms with van der Waals surface area (Å²) in [6, 6.07) is 2.28. The lowest BCUT2D eigenvalue weighted by Gasteiger charge is -2.24. The highest BCUT2D eigenvalue weighted by molar-refractivity contribution is 5.42. The highest BCUT2D eigenvalue weighted by Gasteiger charge is 2.25. The highest BCUT2D eigenvalue weighted by Crippen LogP contribution is 2.24. The van der Waals surface area contributed by atoms with Crippen molar-refractivity contribution in [1.29, 1.82) is 0 Å². The molecule has 1 aromatic rings. The van der Waals surface area contributed by atoms with Crippen LogP contribution in [0, 0.1) is 6.92 Å². The fraction of sp³-hybridized carbons (Fsp3) is 0.667. The van der Waals surface area contributed by atoms with Crippen molar-refractivity contribution in [2.75, 3.05) is 18.1 Å². The lowest BCUT2D eigenvalue weighted by Crippen LogP contribution is -2.33. The van der Waals surface area contributed by atoms with Crippen LogP contribution in [-0.2, 0) is 6.42 Å². The molecule has 1 atom stereocenters. The summed E-state index contributed by atoms with van der Waals surface area (Å²) in [6.07, 6.45) is 3.12. The molecule has 4 nitrogen and oxygen atoms in total. The summed E-state index contributed by atoms with van der Waals surface area (Å²) < 4.78 is 0. The molecule has 1 aliphatic heterocycles. The first-order chi connectivity index (χ1) is 7.74. The predicted molar refractivity (Wildman–Crippen MR) is 63.6 cm³/mol. The topological polar surface area (TPSA) is 49.2 Å². The van der Waals surface area contributed by atoms with Crippen LogP contribution in [0.3, 0.4) is 0 Å². The molecule has 88 valence electrons. The Bertz CT molecular complexity index is 367. The summed E-state index contributed by atoms with van der Waals surface area (Å²) in [7, 11) is 0. The minimum Gasteiger partial charge on any atom is -0.394 e. The van der Waals surface area contributed by atoms with Crippen LogP contribution in [0.25, 0.3) is 0 Å². The fourth-order valence-corrected chi connectivity index (χ4v) is 2.27. The standard InChI is InChI=1S/C12H19N3O/c1-3-10-7-12(14-9(2)13-10)15-6-4-5-11(15)8-16/h7,11,16H,3-6,8H2,1-2H3. The quantitative estimate of drug-likeness (QED) is 0.836. The van der Waals surface area contributed by atoms with Gasteiger partial charge < -0.3 is 10.0 Å². The summed E-state index contributed by atoms with van der Waals surface area (Å²) in [5.41, 5.74) is 1.08. The van der Waals surface area contributed by atoms with Crippen LogP contribution in [0.1, 0.15) is 31.3 Å². The number of rotatable bonds is 3. The molecule has 0 aliphatic carbocycles. The van der Waals surface area contributed by atoms with E-state index in [1.165, 1.54) is 0 Å². The molecule has 0 saturated carbocycles. The van der Waals surface area contributed by atoms with E-state index in [4.69, 9.17) is 0 Å². The van der Waals surface area contributed by atoms with Crippen LogP contribution in [0.2, 0.25) is 0 Å². The molecular formula is C12H19N3O. The second kappa shape index (κ2) is 4.78. The van der Waals surface area contributed by atoms with E-state index in [0.29, 0.717) is 0 Å². The van der Waals surface area contributed by atoms with Gasteiger partial charge in [-0.25, -0.2) is 9.97 Å². The van der Waals surface area contributed by atoms with Crippen LogP contribution in [-0.4, -0.2) is 34.3 Å². The average molecular weight is 221 g/mol. The van der Waals surface area contributed by atoms with E-state index in [1.54, 1.807) is 0 Å². The maximum Gasteiger partial charge on any atom is 0.132 e. The molecule has 1 N–H and O–H groups in total. The number of hydrogen-bond donors (Lipinski definition) is 1. The monoisotopic (exact) mass is 221 g/mol. The zero-order chi connectivity index (χ0) is 11.5. The normalized spacial score (nSPS) is 20.4. The molecule has 4 heteroatoms. The van der Waals surface area contributed by atoms with Crippen molar-refractivity contribution in [3.05, 3.63) is 17.6 Å². The third kappa shape index (κ3) is 2.16. The van der Waals surface area contributed by atoms with Crippen molar-refractivity contribution in [1.82, 2.24) is 9.97 Å². The molecule has 1 aliphatic rings. The fourth-order valence-electron chi connectivity index (χ4n) is 2.27. The van der Waals surface area contributed by atoms with Crippen molar-refractivity contribution in [2.24, 2.45) is 0 Å². The van der Waals surface area contributed by atoms with Gasteiger partial charge in [0.05, 0.1) is 12.6 Å². The Labute approximate surface area is 96.3 Å². The maximum absolute atomic E-state index is 9.31. The van der Waals surface area contributed by atoms with Crippen molar-refractivity contribution < 1.29 is 5.11 Å². The number of aryl methyl sites for hydroxylation is 2. The average Bonchev–Trinajstić information content (AvgIpc) is 2.76. The van der Waals surface area contributed by atoms with Gasteiger partial charge in [0.1, 0.15) is 11.6 Å². The van der Waals surface area contributed by atoms with E-state index in [0.717, 1.165) is 43.1 Å². The minimum atomic E-state index is 0.213. The van der Waals surface area contributed by atoms with Crippen LogP contribution in [0.15, 0.2) is 6.07 Å². The molecule has 1 saturated heterocycles. The third-order valence-corrected chi connectivity index (χ3v) is 3.12. The number of aliphatic hydroxyl groups is 1. The Balaban J connectivity index is 2.28. The molecule has 1 unspecified atom stereocenters. The SMILES string of the molecule is CCc1cc(N2CCCC2CO)nc(C)n1. The smallest absolute Gasteiger partial charge is 0.132 e. The Kier molecular flexibility index (Phi) is 3.39. The Morgan fingerprint density at radius 1 is 1.50 bits per heavy atom. The molecule has 0 aromatic carbocycles. The Morgan fingerprint density at radius 3 is 3.00 bits per heavy atom. The van der Waals surface area contributed by atoms with Gasteiger partial charge in [-0.05, 0) is 26.2 Å². The van der Waals surface area contributed by atoms with E-state index in [1.807, 2.05) is 13.0 Å². The molecule has 2 rings (SSSR count). The second-order valence-corrected chi connectivity index (χ2v) is 4.29. The van der Waals surface area contributed by atoms with E-state index in [2.05, 4.69) is 21.8 Å². The maximum atomic E-state index is 9.31. The molecule has 0 radical (unpaired) electrons. The number of aromatic nitrogens is 2. The van der Waals surface area contributed by atoms with Gasteiger partial charge in [-0.3, -0.25) is 0 Å². The van der Waals surface area contributed by atoms with E-state index in [9.17, 15) is 5.11 Å². The van der Waals surface area contributed by atoms with Gasteiger partial charge in [-0.15, -0.1) is 0 Å². The van der Waals surface area contributed by atoms with E-state index >= 15 is 0 Å². The molecule has 2 heterocycles. The first-order valence-electron chi connectivity index (χ1n) is 5.96. The van der Waals surface area contributed by atoms with Gasteiger partial charge in [0.2, 0.25) is 0 Å². The van der Waals surface area contributed by atoms with Gasteiger partial charge in [0.15, 0.2) is 0 Å². The summed E-state index contributed by atoms with van der Waals surface area (Å²) in [5.74, 6) is 1.79. The minimum absolute atomic E-state index is 0.213. The highest BCUT2D eigenvalue weighted by atomic mass is 16.3. The summed E-state index contributed by atoms with van der Waals surface area (Å²) in [4.78, 5) is 11.0.